The summed E-state index contributed by atoms with van der Waals surface area (Å²) < 4.78 is 13.0. The predicted octanol–water partition coefficient (Wildman–Crippen LogP) is 3.41. The topological polar surface area (TPSA) is 104 Å². The van der Waals surface area contributed by atoms with Crippen molar-refractivity contribution in [2.24, 2.45) is 5.73 Å². The highest BCUT2D eigenvalue weighted by Crippen LogP contribution is 2.40. The number of aliphatic carboxylic acids is 1. The van der Waals surface area contributed by atoms with Gasteiger partial charge in [0.15, 0.2) is 6.61 Å². The lowest BCUT2D eigenvalue weighted by Crippen LogP contribution is -2.11. The average Bonchev–Trinajstić information content (AvgIpc) is 3.06. The molecular formula is C23H20N2O5. The summed E-state index contributed by atoms with van der Waals surface area (Å²) in [4.78, 5) is 23.3. The molecule has 0 atom stereocenters. The van der Waals surface area contributed by atoms with Gasteiger partial charge in [0.05, 0.1) is 23.5 Å². The molecule has 0 unspecified atom stereocenters. The monoisotopic (exact) mass is 404 g/mol. The summed E-state index contributed by atoms with van der Waals surface area (Å²) >= 11 is 0. The van der Waals surface area contributed by atoms with Crippen LogP contribution in [0.15, 0.2) is 60.7 Å². The van der Waals surface area contributed by atoms with Crippen LogP contribution in [0.4, 0.5) is 0 Å². The Morgan fingerprint density at radius 3 is 2.43 bits per heavy atom. The standard InChI is InChI=1S/C23H20N2O5/c1-29-15-10-18-22(19(11-15)30-13-20(26)27)21-16(23(24)28)8-5-9-17(21)25(18)12-14-6-3-2-4-7-14/h2-11H,12-13H2,1H3,(H2,24,28)(H,26,27). The second kappa shape index (κ2) is 7.79. The zero-order valence-electron chi connectivity index (χ0n) is 16.3. The van der Waals surface area contributed by atoms with Gasteiger partial charge in [-0.25, -0.2) is 4.79 Å². The molecule has 0 fully saturated rings. The minimum absolute atomic E-state index is 0.317. The van der Waals surface area contributed by atoms with E-state index >= 15 is 0 Å². The van der Waals surface area contributed by atoms with E-state index in [1.54, 1.807) is 18.2 Å². The van der Waals surface area contributed by atoms with Crippen LogP contribution in [0.1, 0.15) is 15.9 Å². The van der Waals surface area contributed by atoms with Crippen molar-refractivity contribution < 1.29 is 24.2 Å². The summed E-state index contributed by atoms with van der Waals surface area (Å²) in [6.07, 6.45) is 0. The molecule has 152 valence electrons. The Balaban J connectivity index is 2.08. The van der Waals surface area contributed by atoms with Gasteiger partial charge in [0.25, 0.3) is 0 Å². The van der Waals surface area contributed by atoms with E-state index in [0.29, 0.717) is 34.4 Å². The Morgan fingerprint density at radius 1 is 1.00 bits per heavy atom. The number of hydrogen-bond acceptors (Lipinski definition) is 4. The third-order valence-electron chi connectivity index (χ3n) is 4.96. The molecule has 7 heteroatoms. The Kier molecular flexibility index (Phi) is 5.02. The Bertz CT molecular complexity index is 1260. The van der Waals surface area contributed by atoms with Crippen LogP contribution in [0.3, 0.4) is 0 Å². The van der Waals surface area contributed by atoms with E-state index in [-0.39, 0.29) is 0 Å². The third kappa shape index (κ3) is 3.41. The third-order valence-corrected chi connectivity index (χ3v) is 4.96. The van der Waals surface area contributed by atoms with Crippen molar-refractivity contribution in [3.05, 3.63) is 71.8 Å². The van der Waals surface area contributed by atoms with E-state index in [1.807, 2.05) is 47.0 Å². The van der Waals surface area contributed by atoms with Gasteiger partial charge >= 0.3 is 5.97 Å². The van der Waals surface area contributed by atoms with Gasteiger partial charge in [0.1, 0.15) is 11.5 Å². The molecule has 1 aromatic heterocycles. The van der Waals surface area contributed by atoms with E-state index in [9.17, 15) is 9.59 Å². The first-order chi connectivity index (χ1) is 14.5. The second-order valence-electron chi connectivity index (χ2n) is 6.84. The van der Waals surface area contributed by atoms with Gasteiger partial charge in [-0.05, 0) is 17.7 Å². The molecule has 1 heterocycles. The van der Waals surface area contributed by atoms with Gasteiger partial charge in [0.2, 0.25) is 5.91 Å². The van der Waals surface area contributed by atoms with Crippen molar-refractivity contribution in [1.82, 2.24) is 4.57 Å². The molecule has 0 radical (unpaired) electrons. The van der Waals surface area contributed by atoms with Crippen LogP contribution in [-0.4, -0.2) is 35.3 Å². The Labute approximate surface area is 172 Å². The van der Waals surface area contributed by atoms with Crippen molar-refractivity contribution in [3.8, 4) is 11.5 Å². The number of primary amides is 1. The molecule has 7 nitrogen and oxygen atoms in total. The fourth-order valence-corrected chi connectivity index (χ4v) is 3.71. The maximum Gasteiger partial charge on any atom is 0.341 e. The van der Waals surface area contributed by atoms with Crippen LogP contribution in [0.5, 0.6) is 11.5 Å². The highest BCUT2D eigenvalue weighted by molar-refractivity contribution is 6.20. The van der Waals surface area contributed by atoms with E-state index in [2.05, 4.69) is 0 Å². The lowest BCUT2D eigenvalue weighted by Gasteiger charge is -2.11. The van der Waals surface area contributed by atoms with Crippen molar-refractivity contribution in [3.63, 3.8) is 0 Å². The number of carboxylic acids is 1. The fraction of sp³-hybridized carbons (Fsp3) is 0.130. The van der Waals surface area contributed by atoms with Gasteiger partial charge in [-0.2, -0.15) is 0 Å². The summed E-state index contributed by atoms with van der Waals surface area (Å²) in [5.74, 6) is -0.841. The van der Waals surface area contributed by atoms with E-state index in [1.165, 1.54) is 7.11 Å². The number of hydrogen-bond donors (Lipinski definition) is 2. The number of nitrogens with zero attached hydrogens (tertiary/aromatic N) is 1. The lowest BCUT2D eigenvalue weighted by atomic mass is 10.1. The SMILES string of the molecule is COc1cc(OCC(=O)O)c2c3c(C(N)=O)cccc3n(Cc3ccccc3)c2c1. The molecule has 4 aromatic rings. The zero-order valence-corrected chi connectivity index (χ0v) is 16.3. The molecule has 0 spiro atoms. The number of carbonyl (C=O) groups is 2. The molecule has 3 aromatic carbocycles. The summed E-state index contributed by atoms with van der Waals surface area (Å²) in [7, 11) is 1.53. The first-order valence-electron chi connectivity index (χ1n) is 9.31. The average molecular weight is 404 g/mol. The highest BCUT2D eigenvalue weighted by Gasteiger charge is 2.21. The van der Waals surface area contributed by atoms with Crippen LogP contribution in [0.25, 0.3) is 21.8 Å². The second-order valence-corrected chi connectivity index (χ2v) is 6.84. The summed E-state index contributed by atoms with van der Waals surface area (Å²) in [6, 6.07) is 18.7. The molecule has 3 N–H and O–H groups in total. The smallest absolute Gasteiger partial charge is 0.341 e. The summed E-state index contributed by atoms with van der Waals surface area (Å²) in [5, 5.41) is 10.3. The number of amides is 1. The number of methoxy groups -OCH3 is 1. The molecule has 0 aliphatic heterocycles. The number of carbonyl (C=O) groups excluding carboxylic acids is 1. The number of carboxylic acid groups (broad SMARTS) is 1. The van der Waals surface area contributed by atoms with Gasteiger partial charge in [-0.3, -0.25) is 4.79 Å². The Morgan fingerprint density at radius 2 is 1.77 bits per heavy atom. The largest absolute Gasteiger partial charge is 0.497 e. The highest BCUT2D eigenvalue weighted by atomic mass is 16.5. The van der Waals surface area contributed by atoms with Gasteiger partial charge in [0, 0.05) is 29.6 Å². The quantitative estimate of drug-likeness (QED) is 0.491. The van der Waals surface area contributed by atoms with Crippen molar-refractivity contribution in [2.75, 3.05) is 13.7 Å². The zero-order chi connectivity index (χ0) is 21.3. The molecule has 1 amide bonds. The number of ether oxygens (including phenoxy) is 2. The molecule has 0 bridgehead atoms. The molecule has 30 heavy (non-hydrogen) atoms. The van der Waals surface area contributed by atoms with Crippen LogP contribution >= 0.6 is 0 Å². The molecule has 0 aliphatic carbocycles. The van der Waals surface area contributed by atoms with Gasteiger partial charge in [-0.15, -0.1) is 0 Å². The number of nitrogens with two attached hydrogens (primary N) is 1. The number of benzene rings is 3. The number of rotatable bonds is 7. The molecule has 0 saturated heterocycles. The minimum atomic E-state index is -1.10. The fourth-order valence-electron chi connectivity index (χ4n) is 3.71. The normalized spacial score (nSPS) is 11.0. The lowest BCUT2D eigenvalue weighted by molar-refractivity contribution is -0.139. The van der Waals surface area contributed by atoms with Crippen molar-refractivity contribution in [2.45, 2.75) is 6.54 Å². The van der Waals surface area contributed by atoms with Gasteiger partial charge < -0.3 is 24.9 Å². The number of aromatic nitrogens is 1. The molecular weight excluding hydrogens is 384 g/mol. The van der Waals surface area contributed by atoms with Crippen molar-refractivity contribution in [1.29, 1.82) is 0 Å². The van der Waals surface area contributed by atoms with Gasteiger partial charge in [-0.1, -0.05) is 36.4 Å². The first kappa shape index (κ1) is 19.3. The molecule has 4 rings (SSSR count). The van der Waals surface area contributed by atoms with Crippen LogP contribution < -0.4 is 15.2 Å². The Hall–Kier alpha value is -4.00. The van der Waals surface area contributed by atoms with Crippen LogP contribution in [0, 0.1) is 0 Å². The predicted molar refractivity (Wildman–Crippen MR) is 113 cm³/mol. The van der Waals surface area contributed by atoms with Crippen LogP contribution in [0.2, 0.25) is 0 Å². The minimum Gasteiger partial charge on any atom is -0.497 e. The van der Waals surface area contributed by atoms with E-state index in [0.717, 1.165) is 16.6 Å². The van der Waals surface area contributed by atoms with E-state index < -0.39 is 18.5 Å². The van der Waals surface area contributed by atoms with E-state index in [4.69, 9.17) is 20.3 Å². The van der Waals surface area contributed by atoms with Crippen LogP contribution in [-0.2, 0) is 11.3 Å². The molecule has 0 saturated carbocycles. The van der Waals surface area contributed by atoms with Crippen molar-refractivity contribution >= 4 is 33.7 Å². The summed E-state index contributed by atoms with van der Waals surface area (Å²) in [5.41, 5.74) is 8.60. The molecule has 0 aliphatic rings. The maximum atomic E-state index is 12.2. The number of fused-ring (bicyclic) bond motifs is 3. The summed E-state index contributed by atoms with van der Waals surface area (Å²) in [6.45, 7) is 0.0148. The maximum absolute atomic E-state index is 12.2. The first-order valence-corrected chi connectivity index (χ1v) is 9.31.